The highest BCUT2D eigenvalue weighted by Gasteiger charge is 2.26. The van der Waals surface area contributed by atoms with Gasteiger partial charge in [0.1, 0.15) is 11.9 Å². The van der Waals surface area contributed by atoms with Crippen molar-refractivity contribution in [2.24, 2.45) is 0 Å². The van der Waals surface area contributed by atoms with Crippen LogP contribution in [-0.2, 0) is 16.0 Å². The minimum Gasteiger partial charge on any atom is -0.497 e. The predicted octanol–water partition coefficient (Wildman–Crippen LogP) is 3.38. The Bertz CT molecular complexity index is 1070. The molecule has 1 amide bonds. The van der Waals surface area contributed by atoms with E-state index in [0.29, 0.717) is 32.1 Å². The van der Waals surface area contributed by atoms with Crippen LogP contribution in [0.4, 0.5) is 11.6 Å². The molecule has 1 N–H and O–H groups in total. The highest BCUT2D eigenvalue weighted by molar-refractivity contribution is 5.79. The van der Waals surface area contributed by atoms with Gasteiger partial charge in [0.2, 0.25) is 11.9 Å². The van der Waals surface area contributed by atoms with Gasteiger partial charge in [-0.05, 0) is 49.7 Å². The molecule has 0 saturated carbocycles. The van der Waals surface area contributed by atoms with Gasteiger partial charge in [-0.15, -0.1) is 0 Å². The Hall–Kier alpha value is -3.52. The summed E-state index contributed by atoms with van der Waals surface area (Å²) in [6, 6.07) is 13.3. The molecule has 32 heavy (non-hydrogen) atoms. The molecule has 1 aromatic carbocycles. The zero-order chi connectivity index (χ0) is 22.5. The van der Waals surface area contributed by atoms with E-state index in [4.69, 9.17) is 9.47 Å². The van der Waals surface area contributed by atoms with E-state index in [2.05, 4.69) is 20.3 Å². The third-order valence-corrected chi connectivity index (χ3v) is 5.26. The van der Waals surface area contributed by atoms with Crippen molar-refractivity contribution in [1.82, 2.24) is 19.9 Å². The molecule has 3 heterocycles. The first-order valence-corrected chi connectivity index (χ1v) is 10.6. The lowest BCUT2D eigenvalue weighted by atomic mass is 10.1. The lowest BCUT2D eigenvalue weighted by Crippen LogP contribution is -2.43. The molecule has 1 atom stereocenters. The molecule has 0 bridgehead atoms. The molecule has 1 aliphatic heterocycles. The average molecular weight is 434 g/mol. The van der Waals surface area contributed by atoms with Gasteiger partial charge in [-0.1, -0.05) is 12.1 Å². The Morgan fingerprint density at radius 2 is 2.00 bits per heavy atom. The van der Waals surface area contributed by atoms with Gasteiger partial charge in [0.05, 0.1) is 44.3 Å². The molecule has 8 heteroatoms. The number of aromatic nitrogens is 3. The second-order valence-corrected chi connectivity index (χ2v) is 7.80. The minimum absolute atomic E-state index is 0.0665. The number of nitrogens with zero attached hydrogens (tertiary/aromatic N) is 4. The molecule has 1 fully saturated rings. The maximum Gasteiger partial charge on any atom is 0.227 e. The summed E-state index contributed by atoms with van der Waals surface area (Å²) >= 11 is 0. The van der Waals surface area contributed by atoms with Crippen LogP contribution in [0, 0.1) is 13.8 Å². The zero-order valence-corrected chi connectivity index (χ0v) is 18.5. The van der Waals surface area contributed by atoms with Gasteiger partial charge in [0.25, 0.3) is 0 Å². The van der Waals surface area contributed by atoms with Crippen LogP contribution >= 0.6 is 0 Å². The minimum atomic E-state index is -0.260. The number of nitrogens with one attached hydrogen (secondary N) is 1. The van der Waals surface area contributed by atoms with Crippen LogP contribution in [0.25, 0.3) is 0 Å². The fraction of sp³-hybridized carbons (Fsp3) is 0.333. The zero-order valence-electron chi connectivity index (χ0n) is 18.5. The van der Waals surface area contributed by atoms with E-state index >= 15 is 0 Å². The molecule has 2 aromatic heterocycles. The topological polar surface area (TPSA) is 89.5 Å². The summed E-state index contributed by atoms with van der Waals surface area (Å²) in [5.41, 5.74) is 4.31. The predicted molar refractivity (Wildman–Crippen MR) is 121 cm³/mol. The Morgan fingerprint density at radius 1 is 1.19 bits per heavy atom. The Balaban J connectivity index is 1.38. The number of benzene rings is 1. The fourth-order valence-electron chi connectivity index (χ4n) is 3.70. The van der Waals surface area contributed by atoms with Gasteiger partial charge in [-0.2, -0.15) is 0 Å². The summed E-state index contributed by atoms with van der Waals surface area (Å²) in [4.78, 5) is 28.0. The quantitative estimate of drug-likeness (QED) is 0.637. The van der Waals surface area contributed by atoms with Crippen LogP contribution in [0.15, 0.2) is 48.7 Å². The number of anilines is 2. The van der Waals surface area contributed by atoms with Crippen molar-refractivity contribution >= 4 is 17.5 Å². The first-order chi connectivity index (χ1) is 15.5. The number of hydrogen-bond acceptors (Lipinski definition) is 7. The number of carbonyl (C=O) groups excluding carboxylic acids is 1. The number of pyridine rings is 1. The summed E-state index contributed by atoms with van der Waals surface area (Å²) in [5, 5.41) is 3.18. The van der Waals surface area contributed by atoms with Crippen LogP contribution in [0.1, 0.15) is 28.7 Å². The van der Waals surface area contributed by atoms with E-state index < -0.39 is 0 Å². The van der Waals surface area contributed by atoms with Gasteiger partial charge in [0, 0.05) is 17.9 Å². The molecule has 166 valence electrons. The second-order valence-electron chi connectivity index (χ2n) is 7.80. The normalized spacial score (nSPS) is 16.0. The molecule has 3 aromatic rings. The maximum absolute atomic E-state index is 12.8. The Kier molecular flexibility index (Phi) is 6.61. The molecule has 0 spiro atoms. The van der Waals surface area contributed by atoms with Crippen molar-refractivity contribution in [2.75, 3.05) is 32.1 Å². The Labute approximate surface area is 187 Å². The number of amides is 1. The van der Waals surface area contributed by atoms with Crippen LogP contribution in [0.5, 0.6) is 5.75 Å². The fourth-order valence-corrected chi connectivity index (χ4v) is 3.70. The molecule has 1 saturated heterocycles. The molecule has 1 unspecified atom stereocenters. The van der Waals surface area contributed by atoms with Crippen molar-refractivity contribution < 1.29 is 14.3 Å². The van der Waals surface area contributed by atoms with Gasteiger partial charge in [0.15, 0.2) is 0 Å². The highest BCUT2D eigenvalue weighted by atomic mass is 16.5. The number of methoxy groups -OCH3 is 1. The molecular formula is C24H27N5O3. The summed E-state index contributed by atoms with van der Waals surface area (Å²) < 4.78 is 11.1. The van der Waals surface area contributed by atoms with Crippen molar-refractivity contribution in [1.29, 1.82) is 0 Å². The van der Waals surface area contributed by atoms with E-state index in [0.717, 1.165) is 34.1 Å². The van der Waals surface area contributed by atoms with E-state index in [1.54, 1.807) is 13.3 Å². The Morgan fingerprint density at radius 3 is 2.72 bits per heavy atom. The van der Waals surface area contributed by atoms with E-state index in [1.807, 2.05) is 61.2 Å². The van der Waals surface area contributed by atoms with Crippen molar-refractivity contribution in [2.45, 2.75) is 26.4 Å². The molecular weight excluding hydrogens is 406 g/mol. The third kappa shape index (κ3) is 5.39. The number of rotatable bonds is 6. The molecule has 1 aliphatic rings. The first kappa shape index (κ1) is 21.7. The smallest absolute Gasteiger partial charge is 0.227 e. The number of morpholine rings is 1. The molecule has 0 radical (unpaired) electrons. The molecule has 8 nitrogen and oxygen atoms in total. The molecule has 0 aliphatic carbocycles. The van der Waals surface area contributed by atoms with E-state index in [-0.39, 0.29) is 12.0 Å². The van der Waals surface area contributed by atoms with Crippen molar-refractivity contribution in [3.05, 3.63) is 71.3 Å². The monoisotopic (exact) mass is 433 g/mol. The third-order valence-electron chi connectivity index (χ3n) is 5.26. The lowest BCUT2D eigenvalue weighted by Gasteiger charge is -2.32. The van der Waals surface area contributed by atoms with Gasteiger partial charge < -0.3 is 19.7 Å². The van der Waals surface area contributed by atoms with Crippen LogP contribution < -0.4 is 10.1 Å². The standard InChI is InChI=1S/C24H27N5O3/c1-16-11-17(2)27-24(26-16)28-19-7-8-21(25-14-19)22-15-29(9-10-32-22)23(30)13-18-5-4-6-20(12-18)31-3/h4-8,11-12,14,22H,9-10,13,15H2,1-3H3,(H,26,27,28). The first-order valence-electron chi connectivity index (χ1n) is 10.6. The van der Waals surface area contributed by atoms with Crippen LogP contribution in [-0.4, -0.2) is 52.6 Å². The number of aryl methyl sites for hydroxylation is 2. The van der Waals surface area contributed by atoms with Crippen molar-refractivity contribution in [3.63, 3.8) is 0 Å². The van der Waals surface area contributed by atoms with Gasteiger partial charge in [-0.3, -0.25) is 9.78 Å². The second kappa shape index (κ2) is 9.74. The highest BCUT2D eigenvalue weighted by Crippen LogP contribution is 2.23. The van der Waals surface area contributed by atoms with Gasteiger partial charge in [-0.25, -0.2) is 9.97 Å². The number of ether oxygens (including phenoxy) is 2. The van der Waals surface area contributed by atoms with E-state index in [9.17, 15) is 4.79 Å². The number of carbonyl (C=O) groups is 1. The van der Waals surface area contributed by atoms with Crippen molar-refractivity contribution in [3.8, 4) is 5.75 Å². The van der Waals surface area contributed by atoms with Crippen LogP contribution in [0.2, 0.25) is 0 Å². The lowest BCUT2D eigenvalue weighted by molar-refractivity contribution is -0.138. The SMILES string of the molecule is COc1cccc(CC(=O)N2CCOC(c3ccc(Nc4nc(C)cc(C)n4)cn3)C2)c1. The van der Waals surface area contributed by atoms with E-state index in [1.165, 1.54) is 0 Å². The summed E-state index contributed by atoms with van der Waals surface area (Å²) in [5.74, 6) is 1.36. The van der Waals surface area contributed by atoms with Crippen LogP contribution in [0.3, 0.4) is 0 Å². The summed E-state index contributed by atoms with van der Waals surface area (Å²) in [6.45, 7) is 5.39. The molecule has 4 rings (SSSR count). The van der Waals surface area contributed by atoms with Gasteiger partial charge >= 0.3 is 0 Å². The maximum atomic E-state index is 12.8. The summed E-state index contributed by atoms with van der Waals surface area (Å²) in [7, 11) is 1.62. The summed E-state index contributed by atoms with van der Waals surface area (Å²) in [6.07, 6.45) is 1.80. The average Bonchev–Trinajstić information content (AvgIpc) is 2.79. The largest absolute Gasteiger partial charge is 0.497 e. The number of hydrogen-bond donors (Lipinski definition) is 1.